The number of hydrogen-bond acceptors (Lipinski definition) is 2. The van der Waals surface area contributed by atoms with E-state index in [-0.39, 0.29) is 6.04 Å². The highest BCUT2D eigenvalue weighted by molar-refractivity contribution is 7.99. The lowest BCUT2D eigenvalue weighted by Gasteiger charge is -2.20. The maximum Gasteiger partial charge on any atom is 0.0445 e. The lowest BCUT2D eigenvalue weighted by molar-refractivity contribution is 0.721. The Hall–Kier alpha value is -0.180. The van der Waals surface area contributed by atoms with E-state index in [0.29, 0.717) is 5.25 Å². The van der Waals surface area contributed by atoms with Crippen molar-refractivity contribution >= 4 is 23.4 Å². The number of halogens is 1. The van der Waals surface area contributed by atoms with Gasteiger partial charge >= 0.3 is 0 Å². The summed E-state index contributed by atoms with van der Waals surface area (Å²) in [5, 5.41) is 1.15. The van der Waals surface area contributed by atoms with E-state index in [1.807, 2.05) is 30.8 Å². The molecule has 14 heavy (non-hydrogen) atoms. The van der Waals surface area contributed by atoms with Crippen molar-refractivity contribution in [2.24, 2.45) is 5.73 Å². The van der Waals surface area contributed by atoms with E-state index in [9.17, 15) is 0 Å². The van der Waals surface area contributed by atoms with Gasteiger partial charge in [0.05, 0.1) is 0 Å². The minimum absolute atomic E-state index is 0.168. The largest absolute Gasteiger partial charge is 0.327 e. The summed E-state index contributed by atoms with van der Waals surface area (Å²) in [7, 11) is 0. The second-order valence-corrected chi connectivity index (χ2v) is 5.14. The molecule has 1 nitrogen and oxygen atoms in total. The lowest BCUT2D eigenvalue weighted by Crippen LogP contribution is -2.22. The van der Waals surface area contributed by atoms with E-state index in [4.69, 9.17) is 17.3 Å². The molecule has 0 aliphatic carbocycles. The van der Waals surface area contributed by atoms with E-state index >= 15 is 0 Å². The fourth-order valence-corrected chi connectivity index (χ4v) is 2.52. The molecule has 0 spiro atoms. The third-order valence-electron chi connectivity index (χ3n) is 2.02. The van der Waals surface area contributed by atoms with Crippen LogP contribution in [0.5, 0.6) is 0 Å². The molecule has 2 N–H and O–H groups in total. The summed E-state index contributed by atoms with van der Waals surface area (Å²) in [4.78, 5) is 0. The molecule has 0 saturated heterocycles. The number of nitrogens with two attached hydrogens (primary N) is 1. The van der Waals surface area contributed by atoms with Gasteiger partial charge in [-0.1, -0.05) is 30.7 Å². The summed E-state index contributed by atoms with van der Waals surface area (Å²) in [6.45, 7) is 4.19. The predicted molar refractivity (Wildman–Crippen MR) is 66.0 cm³/mol. The van der Waals surface area contributed by atoms with Crippen molar-refractivity contribution in [3.05, 3.63) is 34.9 Å². The number of rotatable bonds is 4. The third kappa shape index (κ3) is 3.19. The molecule has 0 heterocycles. The second-order valence-electron chi connectivity index (χ2n) is 3.29. The predicted octanol–water partition coefficient (Wildman–Crippen LogP) is 3.48. The Labute approximate surface area is 95.0 Å². The van der Waals surface area contributed by atoms with Gasteiger partial charge < -0.3 is 5.73 Å². The van der Waals surface area contributed by atoms with Gasteiger partial charge in [0.2, 0.25) is 0 Å². The zero-order valence-corrected chi connectivity index (χ0v) is 10.1. The van der Waals surface area contributed by atoms with Crippen LogP contribution in [0, 0.1) is 0 Å². The van der Waals surface area contributed by atoms with Crippen molar-refractivity contribution in [3.8, 4) is 0 Å². The average molecular weight is 230 g/mol. The summed E-state index contributed by atoms with van der Waals surface area (Å²) in [6.07, 6.45) is 0. The summed E-state index contributed by atoms with van der Waals surface area (Å²) in [5.74, 6) is 1.08. The molecule has 2 atom stereocenters. The fourth-order valence-electron chi connectivity index (χ4n) is 1.38. The Bertz CT molecular complexity index is 271. The first-order valence-electron chi connectivity index (χ1n) is 4.77. The zero-order valence-electron chi connectivity index (χ0n) is 8.53. The van der Waals surface area contributed by atoms with Gasteiger partial charge in [0.1, 0.15) is 0 Å². The van der Waals surface area contributed by atoms with E-state index in [2.05, 4.69) is 19.1 Å². The molecule has 0 amide bonds. The quantitative estimate of drug-likeness (QED) is 0.856. The van der Waals surface area contributed by atoms with Crippen LogP contribution in [0.1, 0.15) is 24.7 Å². The monoisotopic (exact) mass is 229 g/mol. The molecule has 0 radical (unpaired) electrons. The molecule has 0 aromatic heterocycles. The molecule has 0 aliphatic rings. The molecule has 0 fully saturated rings. The molecule has 0 saturated carbocycles. The SMILES string of the molecule is CCSC(c1ccc(Cl)cc1)C(C)N. The summed E-state index contributed by atoms with van der Waals surface area (Å²) >= 11 is 7.71. The van der Waals surface area contributed by atoms with Crippen LogP contribution in [0.3, 0.4) is 0 Å². The molecular weight excluding hydrogens is 214 g/mol. The van der Waals surface area contributed by atoms with Gasteiger partial charge in [0, 0.05) is 16.3 Å². The van der Waals surface area contributed by atoms with Crippen LogP contribution in [0.2, 0.25) is 5.02 Å². The van der Waals surface area contributed by atoms with Crippen LogP contribution < -0.4 is 5.73 Å². The van der Waals surface area contributed by atoms with E-state index in [1.165, 1.54) is 5.56 Å². The first-order chi connectivity index (χ1) is 6.65. The lowest BCUT2D eigenvalue weighted by atomic mass is 10.1. The Balaban J connectivity index is 2.82. The highest BCUT2D eigenvalue weighted by atomic mass is 35.5. The Morgan fingerprint density at radius 3 is 2.36 bits per heavy atom. The standard InChI is InChI=1S/C11H16ClNS/c1-3-14-11(8(2)13)9-4-6-10(12)7-5-9/h4-8,11H,3,13H2,1-2H3. The van der Waals surface area contributed by atoms with Crippen LogP contribution in [0.15, 0.2) is 24.3 Å². The normalized spacial score (nSPS) is 15.1. The van der Waals surface area contributed by atoms with Gasteiger partial charge in [-0.3, -0.25) is 0 Å². The van der Waals surface area contributed by atoms with Gasteiger partial charge in [-0.25, -0.2) is 0 Å². The number of benzene rings is 1. The highest BCUT2D eigenvalue weighted by Crippen LogP contribution is 2.31. The van der Waals surface area contributed by atoms with E-state index in [0.717, 1.165) is 10.8 Å². The van der Waals surface area contributed by atoms with Crippen molar-refractivity contribution in [3.63, 3.8) is 0 Å². The summed E-state index contributed by atoms with van der Waals surface area (Å²) in [5.41, 5.74) is 7.20. The zero-order chi connectivity index (χ0) is 10.6. The Morgan fingerprint density at radius 1 is 1.36 bits per heavy atom. The minimum Gasteiger partial charge on any atom is -0.327 e. The van der Waals surface area contributed by atoms with Crippen molar-refractivity contribution < 1.29 is 0 Å². The van der Waals surface area contributed by atoms with Crippen LogP contribution in [0.4, 0.5) is 0 Å². The van der Waals surface area contributed by atoms with Crippen LogP contribution in [0.25, 0.3) is 0 Å². The van der Waals surface area contributed by atoms with Crippen molar-refractivity contribution in [2.75, 3.05) is 5.75 Å². The molecular formula is C11H16ClNS. The molecule has 78 valence electrons. The molecule has 2 unspecified atom stereocenters. The molecule has 0 bridgehead atoms. The first kappa shape index (κ1) is 11.9. The van der Waals surface area contributed by atoms with Crippen molar-refractivity contribution in [1.82, 2.24) is 0 Å². The van der Waals surface area contributed by atoms with Crippen molar-refractivity contribution in [2.45, 2.75) is 25.1 Å². The molecule has 1 rings (SSSR count). The maximum atomic E-state index is 5.94. The second kappa shape index (κ2) is 5.64. The Kier molecular flexibility index (Phi) is 4.79. The molecule has 3 heteroatoms. The third-order valence-corrected chi connectivity index (χ3v) is 3.67. The highest BCUT2D eigenvalue weighted by Gasteiger charge is 2.15. The van der Waals surface area contributed by atoms with Crippen LogP contribution >= 0.6 is 23.4 Å². The topological polar surface area (TPSA) is 26.0 Å². The Morgan fingerprint density at radius 2 is 1.93 bits per heavy atom. The van der Waals surface area contributed by atoms with Gasteiger partial charge in [0.15, 0.2) is 0 Å². The number of hydrogen-bond donors (Lipinski definition) is 1. The van der Waals surface area contributed by atoms with Gasteiger partial charge in [-0.15, -0.1) is 0 Å². The van der Waals surface area contributed by atoms with Gasteiger partial charge in [-0.05, 0) is 30.4 Å². The summed E-state index contributed by atoms with van der Waals surface area (Å²) in [6, 6.07) is 8.12. The average Bonchev–Trinajstić information content (AvgIpc) is 2.15. The van der Waals surface area contributed by atoms with E-state index < -0.39 is 0 Å². The smallest absolute Gasteiger partial charge is 0.0445 e. The first-order valence-corrected chi connectivity index (χ1v) is 6.20. The summed E-state index contributed by atoms with van der Waals surface area (Å²) < 4.78 is 0. The van der Waals surface area contributed by atoms with E-state index in [1.54, 1.807) is 0 Å². The minimum atomic E-state index is 0.168. The number of thioether (sulfide) groups is 1. The molecule has 1 aromatic carbocycles. The fraction of sp³-hybridized carbons (Fsp3) is 0.455. The van der Waals surface area contributed by atoms with Crippen LogP contribution in [-0.2, 0) is 0 Å². The maximum absolute atomic E-state index is 5.94. The molecule has 1 aromatic rings. The van der Waals surface area contributed by atoms with Gasteiger partial charge in [-0.2, -0.15) is 11.8 Å². The van der Waals surface area contributed by atoms with Gasteiger partial charge in [0.25, 0.3) is 0 Å². The van der Waals surface area contributed by atoms with Crippen molar-refractivity contribution in [1.29, 1.82) is 0 Å². The van der Waals surface area contributed by atoms with Crippen LogP contribution in [-0.4, -0.2) is 11.8 Å². The molecule has 0 aliphatic heterocycles.